The lowest BCUT2D eigenvalue weighted by molar-refractivity contribution is 0.125. The highest BCUT2D eigenvalue weighted by molar-refractivity contribution is 5.53. The summed E-state index contributed by atoms with van der Waals surface area (Å²) < 4.78 is 10.6. The van der Waals surface area contributed by atoms with Gasteiger partial charge >= 0.3 is 0 Å². The molecule has 0 aliphatic rings. The fourth-order valence-corrected chi connectivity index (χ4v) is 1.20. The van der Waals surface area contributed by atoms with Crippen molar-refractivity contribution < 1.29 is 9.47 Å². The molecule has 5 heteroatoms. The molecular formula is C12H21N3O2. The molecule has 0 saturated heterocycles. The Hall–Kier alpha value is -1.49. The second-order valence-electron chi connectivity index (χ2n) is 4.72. The van der Waals surface area contributed by atoms with Crippen molar-refractivity contribution in [1.82, 2.24) is 4.98 Å². The van der Waals surface area contributed by atoms with Gasteiger partial charge in [-0.15, -0.1) is 0 Å². The number of nitrogen functional groups attached to an aromatic ring is 1. The van der Waals surface area contributed by atoms with Crippen molar-refractivity contribution in [3.8, 4) is 5.88 Å². The van der Waals surface area contributed by atoms with Gasteiger partial charge in [-0.1, -0.05) is 0 Å². The standard InChI is InChI=1S/C12H21N3O2/c1-12(2,3)17-11-9(13)5-6-10(15-11)14-7-8-16-4/h5-6H,7-8,13H2,1-4H3,(H,14,15). The van der Waals surface area contributed by atoms with Crippen LogP contribution in [0.2, 0.25) is 0 Å². The highest BCUT2D eigenvalue weighted by atomic mass is 16.5. The largest absolute Gasteiger partial charge is 0.470 e. The summed E-state index contributed by atoms with van der Waals surface area (Å²) in [4.78, 5) is 4.32. The van der Waals surface area contributed by atoms with Crippen LogP contribution in [-0.2, 0) is 4.74 Å². The Kier molecular flexibility index (Phi) is 4.57. The second kappa shape index (κ2) is 5.72. The Morgan fingerprint density at radius 3 is 2.65 bits per heavy atom. The SMILES string of the molecule is COCCNc1ccc(N)c(OC(C)(C)C)n1. The number of pyridine rings is 1. The zero-order valence-electron chi connectivity index (χ0n) is 10.9. The monoisotopic (exact) mass is 239 g/mol. The average molecular weight is 239 g/mol. The summed E-state index contributed by atoms with van der Waals surface area (Å²) in [5.41, 5.74) is 6.04. The van der Waals surface area contributed by atoms with Gasteiger partial charge in [-0.05, 0) is 32.9 Å². The Balaban J connectivity index is 2.72. The number of hydrogen-bond acceptors (Lipinski definition) is 5. The number of nitrogens with zero attached hydrogens (tertiary/aromatic N) is 1. The second-order valence-corrected chi connectivity index (χ2v) is 4.72. The van der Waals surface area contributed by atoms with Gasteiger partial charge in [0.05, 0.1) is 12.3 Å². The number of nitrogens with two attached hydrogens (primary N) is 1. The molecule has 0 unspecified atom stereocenters. The van der Waals surface area contributed by atoms with Crippen LogP contribution in [0.4, 0.5) is 11.5 Å². The third kappa shape index (κ3) is 4.91. The molecule has 1 heterocycles. The van der Waals surface area contributed by atoms with Gasteiger partial charge in [-0.2, -0.15) is 4.98 Å². The van der Waals surface area contributed by atoms with Crippen LogP contribution in [0.25, 0.3) is 0 Å². The summed E-state index contributed by atoms with van der Waals surface area (Å²) in [5.74, 6) is 1.19. The lowest BCUT2D eigenvalue weighted by Crippen LogP contribution is -2.24. The molecule has 0 saturated carbocycles. The van der Waals surface area contributed by atoms with E-state index < -0.39 is 0 Å². The number of aromatic nitrogens is 1. The molecule has 5 nitrogen and oxygen atoms in total. The zero-order chi connectivity index (χ0) is 12.9. The van der Waals surface area contributed by atoms with E-state index in [0.29, 0.717) is 24.7 Å². The highest BCUT2D eigenvalue weighted by Gasteiger charge is 2.15. The predicted octanol–water partition coefficient (Wildman–Crippen LogP) is 1.90. The number of ether oxygens (including phenoxy) is 2. The molecule has 0 atom stereocenters. The first-order chi connectivity index (χ1) is 7.92. The molecule has 0 bridgehead atoms. The van der Waals surface area contributed by atoms with Gasteiger partial charge in [0, 0.05) is 13.7 Å². The van der Waals surface area contributed by atoms with Crippen LogP contribution in [0.1, 0.15) is 20.8 Å². The average Bonchev–Trinajstić information content (AvgIpc) is 2.21. The fraction of sp³-hybridized carbons (Fsp3) is 0.583. The van der Waals surface area contributed by atoms with Crippen molar-refractivity contribution in [2.24, 2.45) is 0 Å². The molecule has 1 aromatic heterocycles. The van der Waals surface area contributed by atoms with E-state index in [1.165, 1.54) is 0 Å². The number of nitrogens with one attached hydrogen (secondary N) is 1. The van der Waals surface area contributed by atoms with E-state index in [1.807, 2.05) is 26.8 Å². The highest BCUT2D eigenvalue weighted by Crippen LogP contribution is 2.24. The summed E-state index contributed by atoms with van der Waals surface area (Å²) in [7, 11) is 1.66. The van der Waals surface area contributed by atoms with Crippen molar-refractivity contribution >= 4 is 11.5 Å². The zero-order valence-corrected chi connectivity index (χ0v) is 10.9. The van der Waals surface area contributed by atoms with Crippen LogP contribution in [-0.4, -0.2) is 30.8 Å². The molecule has 0 aliphatic carbocycles. The molecule has 0 amide bonds. The lowest BCUT2D eigenvalue weighted by Gasteiger charge is -2.21. The van der Waals surface area contributed by atoms with E-state index >= 15 is 0 Å². The lowest BCUT2D eigenvalue weighted by atomic mass is 10.2. The maximum atomic E-state index is 5.81. The number of anilines is 2. The minimum Gasteiger partial charge on any atom is -0.470 e. The van der Waals surface area contributed by atoms with E-state index in [-0.39, 0.29) is 5.60 Å². The number of hydrogen-bond donors (Lipinski definition) is 2. The fourth-order valence-electron chi connectivity index (χ4n) is 1.20. The van der Waals surface area contributed by atoms with Crippen molar-refractivity contribution in [3.05, 3.63) is 12.1 Å². The normalized spacial score (nSPS) is 11.3. The van der Waals surface area contributed by atoms with Gasteiger partial charge in [0.1, 0.15) is 11.4 Å². The molecule has 96 valence electrons. The van der Waals surface area contributed by atoms with Crippen molar-refractivity contribution in [2.75, 3.05) is 31.3 Å². The Labute approximate surface area is 102 Å². The maximum absolute atomic E-state index is 5.81. The van der Waals surface area contributed by atoms with Gasteiger partial charge in [0.25, 0.3) is 0 Å². The molecule has 0 fully saturated rings. The van der Waals surface area contributed by atoms with Crippen LogP contribution in [0.5, 0.6) is 5.88 Å². The molecular weight excluding hydrogens is 218 g/mol. The summed E-state index contributed by atoms with van der Waals surface area (Å²) in [6, 6.07) is 3.60. The summed E-state index contributed by atoms with van der Waals surface area (Å²) >= 11 is 0. The van der Waals surface area contributed by atoms with Gasteiger partial charge in [0.15, 0.2) is 0 Å². The molecule has 1 aromatic rings. The van der Waals surface area contributed by atoms with Crippen molar-refractivity contribution in [1.29, 1.82) is 0 Å². The molecule has 3 N–H and O–H groups in total. The third-order valence-corrected chi connectivity index (χ3v) is 1.90. The maximum Gasteiger partial charge on any atom is 0.239 e. The van der Waals surface area contributed by atoms with Gasteiger partial charge in [-0.3, -0.25) is 0 Å². The van der Waals surface area contributed by atoms with E-state index in [1.54, 1.807) is 13.2 Å². The summed E-state index contributed by atoms with van der Waals surface area (Å²) in [5, 5.41) is 3.13. The Bertz CT molecular complexity index is 361. The summed E-state index contributed by atoms with van der Waals surface area (Å²) in [6.45, 7) is 7.20. The Morgan fingerprint density at radius 1 is 1.35 bits per heavy atom. The quantitative estimate of drug-likeness (QED) is 0.768. The van der Waals surface area contributed by atoms with Crippen LogP contribution >= 0.6 is 0 Å². The molecule has 0 aliphatic heterocycles. The molecule has 17 heavy (non-hydrogen) atoms. The van der Waals surface area contributed by atoms with Crippen LogP contribution in [0.15, 0.2) is 12.1 Å². The minimum absolute atomic E-state index is 0.313. The molecule has 1 rings (SSSR count). The van der Waals surface area contributed by atoms with E-state index in [0.717, 1.165) is 5.82 Å². The van der Waals surface area contributed by atoms with Crippen molar-refractivity contribution in [3.63, 3.8) is 0 Å². The number of methoxy groups -OCH3 is 1. The van der Waals surface area contributed by atoms with Crippen LogP contribution < -0.4 is 15.8 Å². The van der Waals surface area contributed by atoms with Crippen LogP contribution in [0, 0.1) is 0 Å². The minimum atomic E-state index is -0.313. The Morgan fingerprint density at radius 2 is 2.06 bits per heavy atom. The predicted molar refractivity (Wildman–Crippen MR) is 69.4 cm³/mol. The van der Waals surface area contributed by atoms with E-state index in [4.69, 9.17) is 15.2 Å². The third-order valence-electron chi connectivity index (χ3n) is 1.90. The first-order valence-electron chi connectivity index (χ1n) is 5.61. The van der Waals surface area contributed by atoms with Crippen molar-refractivity contribution in [2.45, 2.75) is 26.4 Å². The van der Waals surface area contributed by atoms with Gasteiger partial charge in [0.2, 0.25) is 5.88 Å². The van der Waals surface area contributed by atoms with Gasteiger partial charge in [-0.25, -0.2) is 0 Å². The molecule has 0 spiro atoms. The first-order valence-corrected chi connectivity index (χ1v) is 5.61. The van der Waals surface area contributed by atoms with Crippen LogP contribution in [0.3, 0.4) is 0 Å². The first kappa shape index (κ1) is 13.6. The molecule has 0 aromatic carbocycles. The van der Waals surface area contributed by atoms with E-state index in [2.05, 4.69) is 10.3 Å². The number of rotatable bonds is 5. The molecule has 0 radical (unpaired) electrons. The summed E-state index contributed by atoms with van der Waals surface area (Å²) in [6.07, 6.45) is 0. The smallest absolute Gasteiger partial charge is 0.239 e. The van der Waals surface area contributed by atoms with Gasteiger partial charge < -0.3 is 20.5 Å². The topological polar surface area (TPSA) is 69.4 Å². The van der Waals surface area contributed by atoms with E-state index in [9.17, 15) is 0 Å².